The number of aromatic nitrogens is 1. The summed E-state index contributed by atoms with van der Waals surface area (Å²) in [4.78, 5) is 10.9. The summed E-state index contributed by atoms with van der Waals surface area (Å²) in [5.74, 6) is 0.191. The van der Waals surface area contributed by atoms with Crippen LogP contribution in [-0.2, 0) is 11.3 Å². The smallest absolute Gasteiger partial charge is 0.224 e. The number of thiazole rings is 1. The Hall–Kier alpha value is -0.900. The highest BCUT2D eigenvalue weighted by atomic mass is 32.1. The Morgan fingerprint density at radius 3 is 3.25 bits per heavy atom. The Morgan fingerprint density at radius 1 is 1.75 bits per heavy atom. The second-order valence-corrected chi connectivity index (χ2v) is 3.78. The zero-order valence-corrected chi connectivity index (χ0v) is 7.51. The van der Waals surface area contributed by atoms with Crippen LogP contribution >= 0.6 is 11.3 Å². The van der Waals surface area contributed by atoms with Crippen molar-refractivity contribution in [1.29, 1.82) is 0 Å². The highest BCUT2D eigenvalue weighted by molar-refractivity contribution is 7.07. The van der Waals surface area contributed by atoms with Crippen LogP contribution in [0.3, 0.4) is 0 Å². The van der Waals surface area contributed by atoms with Gasteiger partial charge in [0.1, 0.15) is 0 Å². The van der Waals surface area contributed by atoms with Gasteiger partial charge in [0, 0.05) is 6.42 Å². The molecule has 1 fully saturated rings. The monoisotopic (exact) mass is 183 g/mol. The largest absolute Gasteiger partial charge is 0.347 e. The molecular formula is C8H11N2OS+. The van der Waals surface area contributed by atoms with Crippen LogP contribution in [0, 0.1) is 0 Å². The van der Waals surface area contributed by atoms with Gasteiger partial charge in [0.05, 0.1) is 11.4 Å². The van der Waals surface area contributed by atoms with Crippen molar-refractivity contribution in [3.05, 3.63) is 17.1 Å². The van der Waals surface area contributed by atoms with Crippen molar-refractivity contribution >= 4 is 17.2 Å². The normalized spacial score (nSPS) is 22.7. The van der Waals surface area contributed by atoms with E-state index in [4.69, 9.17) is 0 Å². The van der Waals surface area contributed by atoms with Crippen molar-refractivity contribution in [3.8, 4) is 0 Å². The summed E-state index contributed by atoms with van der Waals surface area (Å²) >= 11 is 1.67. The average Bonchev–Trinajstić information content (AvgIpc) is 2.63. The molecule has 0 aromatic carbocycles. The summed E-state index contributed by atoms with van der Waals surface area (Å²) in [7, 11) is 0. The second-order valence-electron chi connectivity index (χ2n) is 3.03. The van der Waals surface area contributed by atoms with E-state index in [0.717, 1.165) is 13.0 Å². The molecule has 1 aromatic rings. The summed E-state index contributed by atoms with van der Waals surface area (Å²) in [6.45, 7) is 0.912. The lowest BCUT2D eigenvalue weighted by molar-refractivity contribution is -0.694. The fourth-order valence-electron chi connectivity index (χ4n) is 1.43. The van der Waals surface area contributed by atoms with Crippen molar-refractivity contribution in [1.82, 2.24) is 5.32 Å². The molecular weight excluding hydrogens is 172 g/mol. The molecule has 1 saturated heterocycles. The van der Waals surface area contributed by atoms with Crippen LogP contribution in [0.25, 0.3) is 0 Å². The van der Waals surface area contributed by atoms with E-state index in [-0.39, 0.29) is 5.91 Å². The van der Waals surface area contributed by atoms with Crippen LogP contribution in [0.15, 0.2) is 17.1 Å². The SMILES string of the molecule is O=C1CC[C@H](C[n+]2ccsc2)N1. The Morgan fingerprint density at radius 2 is 2.67 bits per heavy atom. The molecule has 0 aliphatic carbocycles. The summed E-state index contributed by atoms with van der Waals surface area (Å²) in [6.07, 6.45) is 3.70. The predicted octanol–water partition coefficient (Wildman–Crippen LogP) is 0.314. The first-order valence-electron chi connectivity index (χ1n) is 4.05. The Kier molecular flexibility index (Phi) is 2.08. The van der Waals surface area contributed by atoms with Crippen molar-refractivity contribution in [2.75, 3.05) is 0 Å². The van der Waals surface area contributed by atoms with Gasteiger partial charge in [-0.1, -0.05) is 11.3 Å². The van der Waals surface area contributed by atoms with E-state index in [1.165, 1.54) is 0 Å². The third-order valence-electron chi connectivity index (χ3n) is 2.04. The quantitative estimate of drug-likeness (QED) is 0.658. The lowest BCUT2D eigenvalue weighted by atomic mass is 10.2. The summed E-state index contributed by atoms with van der Waals surface area (Å²) < 4.78 is 2.11. The predicted molar refractivity (Wildman–Crippen MR) is 45.7 cm³/mol. The summed E-state index contributed by atoms with van der Waals surface area (Å²) in [5.41, 5.74) is 2.06. The number of nitrogens with one attached hydrogen (secondary N) is 1. The van der Waals surface area contributed by atoms with E-state index < -0.39 is 0 Å². The van der Waals surface area contributed by atoms with E-state index >= 15 is 0 Å². The standard InChI is InChI=1S/C8H10N2OS/c11-8-2-1-7(9-8)5-10-3-4-12-6-10/h3-4,6-7H,1-2,5H2/p+1/t7-/m1/s1. The molecule has 0 spiro atoms. The van der Waals surface area contributed by atoms with Crippen LogP contribution in [-0.4, -0.2) is 11.9 Å². The molecule has 2 rings (SSSR count). The maximum atomic E-state index is 10.9. The summed E-state index contributed by atoms with van der Waals surface area (Å²) in [5, 5.41) is 4.98. The maximum Gasteiger partial charge on any atom is 0.224 e. The molecule has 1 atom stereocenters. The number of amides is 1. The maximum absolute atomic E-state index is 10.9. The van der Waals surface area contributed by atoms with E-state index in [0.29, 0.717) is 12.5 Å². The highest BCUT2D eigenvalue weighted by Gasteiger charge is 2.23. The van der Waals surface area contributed by atoms with E-state index in [2.05, 4.69) is 15.4 Å². The van der Waals surface area contributed by atoms with Crippen molar-refractivity contribution in [3.63, 3.8) is 0 Å². The molecule has 12 heavy (non-hydrogen) atoms. The molecule has 2 heterocycles. The van der Waals surface area contributed by atoms with Gasteiger partial charge in [-0.25, -0.2) is 0 Å². The third kappa shape index (κ3) is 1.64. The minimum Gasteiger partial charge on any atom is -0.347 e. The molecule has 1 aliphatic heterocycles. The van der Waals surface area contributed by atoms with Crippen molar-refractivity contribution < 1.29 is 9.36 Å². The minimum atomic E-state index is 0.191. The van der Waals surface area contributed by atoms with Gasteiger partial charge in [-0.05, 0) is 6.42 Å². The topological polar surface area (TPSA) is 33.0 Å². The fraction of sp³-hybridized carbons (Fsp3) is 0.500. The number of carbonyl (C=O) groups excluding carboxylic acids is 1. The van der Waals surface area contributed by atoms with Gasteiger partial charge in [-0.3, -0.25) is 4.79 Å². The molecule has 3 nitrogen and oxygen atoms in total. The van der Waals surface area contributed by atoms with Gasteiger partial charge >= 0.3 is 0 Å². The van der Waals surface area contributed by atoms with Gasteiger partial charge in [-0.2, -0.15) is 4.57 Å². The lowest BCUT2D eigenvalue weighted by Crippen LogP contribution is -2.42. The molecule has 0 radical (unpaired) electrons. The fourth-order valence-corrected chi connectivity index (χ4v) is 2.04. The van der Waals surface area contributed by atoms with Gasteiger partial charge in [-0.15, -0.1) is 0 Å². The number of nitrogens with zero attached hydrogens (tertiary/aromatic N) is 1. The first kappa shape index (κ1) is 7.73. The van der Waals surface area contributed by atoms with Crippen LogP contribution < -0.4 is 9.88 Å². The van der Waals surface area contributed by atoms with Gasteiger partial charge in [0.25, 0.3) is 0 Å². The van der Waals surface area contributed by atoms with Gasteiger partial charge in [0.2, 0.25) is 11.4 Å². The Balaban J connectivity index is 1.92. The van der Waals surface area contributed by atoms with E-state index in [1.54, 1.807) is 11.3 Å². The first-order chi connectivity index (χ1) is 5.84. The number of hydrogen-bond acceptors (Lipinski definition) is 2. The zero-order valence-electron chi connectivity index (χ0n) is 6.69. The Bertz CT molecular complexity index is 271. The number of rotatable bonds is 2. The van der Waals surface area contributed by atoms with Crippen LogP contribution in [0.1, 0.15) is 12.8 Å². The molecule has 1 aromatic heterocycles. The van der Waals surface area contributed by atoms with Crippen LogP contribution in [0.4, 0.5) is 0 Å². The second kappa shape index (κ2) is 3.23. The lowest BCUT2D eigenvalue weighted by Gasteiger charge is -2.02. The average molecular weight is 183 g/mol. The highest BCUT2D eigenvalue weighted by Crippen LogP contribution is 2.06. The molecule has 0 unspecified atom stereocenters. The van der Waals surface area contributed by atoms with Crippen LogP contribution in [0.2, 0.25) is 0 Å². The van der Waals surface area contributed by atoms with Crippen molar-refractivity contribution in [2.45, 2.75) is 25.4 Å². The molecule has 1 aliphatic rings. The minimum absolute atomic E-state index is 0.191. The molecule has 1 amide bonds. The van der Waals surface area contributed by atoms with Crippen molar-refractivity contribution in [2.24, 2.45) is 0 Å². The zero-order chi connectivity index (χ0) is 8.39. The molecule has 0 saturated carbocycles. The summed E-state index contributed by atoms with van der Waals surface area (Å²) in [6, 6.07) is 0.345. The molecule has 64 valence electrons. The van der Waals surface area contributed by atoms with Gasteiger partial charge in [0.15, 0.2) is 12.7 Å². The third-order valence-corrected chi connectivity index (χ3v) is 2.71. The Labute approximate surface area is 75.0 Å². The number of carbonyl (C=O) groups is 1. The van der Waals surface area contributed by atoms with E-state index in [1.807, 2.05) is 11.6 Å². The number of hydrogen-bond donors (Lipinski definition) is 1. The molecule has 1 N–H and O–H groups in total. The van der Waals surface area contributed by atoms with Gasteiger partial charge < -0.3 is 5.32 Å². The molecule has 4 heteroatoms. The van der Waals surface area contributed by atoms with E-state index in [9.17, 15) is 4.79 Å². The van der Waals surface area contributed by atoms with Crippen LogP contribution in [0.5, 0.6) is 0 Å². The first-order valence-corrected chi connectivity index (χ1v) is 4.99. The molecule has 0 bridgehead atoms.